The molecular weight excluding hydrogens is 507 g/mol. The number of rotatable bonds is 5. The minimum atomic E-state index is -0.347. The third kappa shape index (κ3) is 4.29. The Bertz CT molecular complexity index is 1460. The molecule has 2 heterocycles. The Labute approximate surface area is 215 Å². The zero-order valence-corrected chi connectivity index (χ0v) is 21.2. The van der Waals surface area contributed by atoms with Crippen molar-refractivity contribution in [1.29, 1.82) is 0 Å². The van der Waals surface area contributed by atoms with Crippen molar-refractivity contribution >= 4 is 80.2 Å². The number of fused-ring (bicyclic) bond motifs is 1. The van der Waals surface area contributed by atoms with Gasteiger partial charge in [0.05, 0.1) is 17.1 Å². The molecular formula is C26H18ClFN2OS3. The van der Waals surface area contributed by atoms with Crippen LogP contribution in [0.2, 0.25) is 5.02 Å². The van der Waals surface area contributed by atoms with E-state index in [9.17, 15) is 9.18 Å². The zero-order chi connectivity index (χ0) is 23.8. The Morgan fingerprint density at radius 2 is 1.91 bits per heavy atom. The second kappa shape index (κ2) is 9.58. The van der Waals surface area contributed by atoms with Gasteiger partial charge in [-0.15, -0.1) is 11.8 Å². The highest BCUT2D eigenvalue weighted by atomic mass is 35.5. The van der Waals surface area contributed by atoms with Crippen molar-refractivity contribution in [2.24, 2.45) is 0 Å². The van der Waals surface area contributed by atoms with Crippen LogP contribution in [0.25, 0.3) is 17.0 Å². The molecule has 3 aromatic carbocycles. The predicted octanol–water partition coefficient (Wildman–Crippen LogP) is 7.61. The Morgan fingerprint density at radius 3 is 2.71 bits per heavy atom. The summed E-state index contributed by atoms with van der Waals surface area (Å²) in [6, 6.07) is 20.3. The first kappa shape index (κ1) is 23.2. The fourth-order valence-electron chi connectivity index (χ4n) is 3.96. The summed E-state index contributed by atoms with van der Waals surface area (Å²) in [5.74, 6) is -0.498. The molecule has 1 fully saturated rings. The van der Waals surface area contributed by atoms with Gasteiger partial charge in [0.2, 0.25) is 0 Å². The largest absolute Gasteiger partial charge is 0.342 e. The Kier molecular flexibility index (Phi) is 6.53. The monoisotopic (exact) mass is 524 g/mol. The second-order valence-corrected chi connectivity index (χ2v) is 10.6. The van der Waals surface area contributed by atoms with Crippen LogP contribution in [0.5, 0.6) is 0 Å². The molecule has 0 spiro atoms. The molecule has 3 nitrogen and oxygen atoms in total. The summed E-state index contributed by atoms with van der Waals surface area (Å²) in [6.45, 7) is 0.280. The SMILES string of the molecule is CSc1cccc(N2C(=O)/C(=C\c3cn(Cc4c(F)cccc4Cl)c4ccccc34)SC2=S)c1. The molecule has 0 atom stereocenters. The number of hydrogen-bond donors (Lipinski definition) is 0. The number of hydrogen-bond acceptors (Lipinski definition) is 4. The molecule has 1 aliphatic rings. The molecule has 0 aliphatic carbocycles. The Hall–Kier alpha value is -2.58. The first-order valence-corrected chi connectivity index (χ1v) is 13.2. The molecule has 5 rings (SSSR count). The molecule has 0 radical (unpaired) electrons. The van der Waals surface area contributed by atoms with Crippen molar-refractivity contribution in [2.75, 3.05) is 11.2 Å². The number of carbonyl (C=O) groups is 1. The van der Waals surface area contributed by atoms with E-state index < -0.39 is 0 Å². The molecule has 1 aliphatic heterocycles. The molecule has 170 valence electrons. The number of amides is 1. The van der Waals surface area contributed by atoms with Crippen molar-refractivity contribution < 1.29 is 9.18 Å². The maximum atomic E-state index is 14.4. The van der Waals surface area contributed by atoms with Gasteiger partial charge < -0.3 is 4.57 Å². The first-order valence-electron chi connectivity index (χ1n) is 10.4. The van der Waals surface area contributed by atoms with Gasteiger partial charge in [0.25, 0.3) is 5.91 Å². The van der Waals surface area contributed by atoms with E-state index in [4.69, 9.17) is 23.8 Å². The average molecular weight is 525 g/mol. The molecule has 0 unspecified atom stereocenters. The number of anilines is 1. The van der Waals surface area contributed by atoms with Gasteiger partial charge in [-0.3, -0.25) is 9.69 Å². The van der Waals surface area contributed by atoms with Crippen LogP contribution in [0.4, 0.5) is 10.1 Å². The zero-order valence-electron chi connectivity index (χ0n) is 18.0. The van der Waals surface area contributed by atoms with E-state index in [-0.39, 0.29) is 18.3 Å². The lowest BCUT2D eigenvalue weighted by Crippen LogP contribution is -2.27. The lowest BCUT2D eigenvalue weighted by molar-refractivity contribution is -0.113. The van der Waals surface area contributed by atoms with Gasteiger partial charge in [-0.05, 0) is 48.7 Å². The summed E-state index contributed by atoms with van der Waals surface area (Å²) < 4.78 is 16.9. The Morgan fingerprint density at radius 1 is 1.12 bits per heavy atom. The lowest BCUT2D eigenvalue weighted by atomic mass is 10.1. The fraction of sp³-hybridized carbons (Fsp3) is 0.0769. The average Bonchev–Trinajstić information content (AvgIpc) is 3.32. The van der Waals surface area contributed by atoms with Crippen LogP contribution in [0.15, 0.2) is 82.7 Å². The number of benzene rings is 3. The maximum absolute atomic E-state index is 14.4. The smallest absolute Gasteiger partial charge is 0.270 e. The summed E-state index contributed by atoms with van der Waals surface area (Å²) in [4.78, 5) is 16.5. The van der Waals surface area contributed by atoms with E-state index in [1.807, 2.05) is 71.6 Å². The molecule has 8 heteroatoms. The molecule has 1 amide bonds. The Balaban J connectivity index is 1.53. The van der Waals surface area contributed by atoms with Crippen LogP contribution in [0, 0.1) is 5.82 Å². The van der Waals surface area contributed by atoms with Gasteiger partial charge in [0.1, 0.15) is 5.82 Å². The predicted molar refractivity (Wildman–Crippen MR) is 146 cm³/mol. The quantitative estimate of drug-likeness (QED) is 0.152. The van der Waals surface area contributed by atoms with Crippen molar-refractivity contribution in [3.8, 4) is 0 Å². The number of halogens is 2. The number of thiocarbonyl (C=S) groups is 1. The number of nitrogens with zero attached hydrogens (tertiary/aromatic N) is 2. The third-order valence-corrected chi connectivity index (χ3v) is 7.98. The number of carbonyl (C=O) groups excluding carboxylic acids is 1. The van der Waals surface area contributed by atoms with Gasteiger partial charge in [0.15, 0.2) is 4.32 Å². The van der Waals surface area contributed by atoms with E-state index in [1.165, 1.54) is 17.8 Å². The van der Waals surface area contributed by atoms with E-state index in [1.54, 1.807) is 28.8 Å². The number of aromatic nitrogens is 1. The van der Waals surface area contributed by atoms with E-state index in [2.05, 4.69) is 0 Å². The van der Waals surface area contributed by atoms with E-state index in [0.717, 1.165) is 27.0 Å². The van der Waals surface area contributed by atoms with Crippen LogP contribution in [-0.4, -0.2) is 21.1 Å². The summed E-state index contributed by atoms with van der Waals surface area (Å²) in [5.41, 5.74) is 2.98. The lowest BCUT2D eigenvalue weighted by Gasteiger charge is -2.15. The second-order valence-electron chi connectivity index (χ2n) is 7.65. The van der Waals surface area contributed by atoms with Gasteiger partial charge in [-0.25, -0.2) is 4.39 Å². The highest BCUT2D eigenvalue weighted by molar-refractivity contribution is 8.27. The normalized spacial score (nSPS) is 15.1. The minimum absolute atomic E-state index is 0.151. The molecule has 0 N–H and O–H groups in total. The topological polar surface area (TPSA) is 25.2 Å². The van der Waals surface area contributed by atoms with Gasteiger partial charge in [-0.2, -0.15) is 0 Å². The van der Waals surface area contributed by atoms with Crippen LogP contribution < -0.4 is 4.90 Å². The highest BCUT2D eigenvalue weighted by Gasteiger charge is 2.33. The number of para-hydroxylation sites is 1. The van der Waals surface area contributed by atoms with Crippen LogP contribution >= 0.6 is 47.3 Å². The van der Waals surface area contributed by atoms with Crippen molar-refractivity contribution in [3.05, 3.63) is 99.8 Å². The summed E-state index contributed by atoms with van der Waals surface area (Å²) >= 11 is 14.7. The van der Waals surface area contributed by atoms with E-state index in [0.29, 0.717) is 19.8 Å². The maximum Gasteiger partial charge on any atom is 0.270 e. The minimum Gasteiger partial charge on any atom is -0.342 e. The molecule has 0 saturated carbocycles. The van der Waals surface area contributed by atoms with Crippen LogP contribution in [-0.2, 0) is 11.3 Å². The molecule has 1 aromatic heterocycles. The highest BCUT2D eigenvalue weighted by Crippen LogP contribution is 2.38. The summed E-state index contributed by atoms with van der Waals surface area (Å²) in [6.07, 6.45) is 5.78. The number of thioether (sulfide) groups is 2. The van der Waals surface area contributed by atoms with Gasteiger partial charge >= 0.3 is 0 Å². The summed E-state index contributed by atoms with van der Waals surface area (Å²) in [5, 5.41) is 1.34. The van der Waals surface area contributed by atoms with Crippen molar-refractivity contribution in [2.45, 2.75) is 11.4 Å². The third-order valence-electron chi connectivity index (χ3n) is 5.60. The van der Waals surface area contributed by atoms with Crippen molar-refractivity contribution in [1.82, 2.24) is 4.57 Å². The van der Waals surface area contributed by atoms with Gasteiger partial charge in [0, 0.05) is 38.1 Å². The molecule has 0 bridgehead atoms. The van der Waals surface area contributed by atoms with Gasteiger partial charge in [-0.1, -0.05) is 65.9 Å². The summed E-state index contributed by atoms with van der Waals surface area (Å²) in [7, 11) is 0. The standard InChI is InChI=1S/C26H18ClFN2OS3/c1-33-18-7-4-6-17(13-18)30-25(31)24(34-26(30)32)12-16-14-29(23-11-3-2-8-19(16)23)15-20-21(27)9-5-10-22(20)28/h2-14H,15H2,1H3/b24-12+. The van der Waals surface area contributed by atoms with Crippen LogP contribution in [0.1, 0.15) is 11.1 Å². The van der Waals surface area contributed by atoms with Crippen molar-refractivity contribution in [3.63, 3.8) is 0 Å². The fourth-order valence-corrected chi connectivity index (χ4v) is 5.92. The van der Waals surface area contributed by atoms with Crippen LogP contribution in [0.3, 0.4) is 0 Å². The first-order chi connectivity index (χ1) is 16.5. The van der Waals surface area contributed by atoms with E-state index >= 15 is 0 Å². The molecule has 1 saturated heterocycles. The molecule has 34 heavy (non-hydrogen) atoms. The molecule has 4 aromatic rings.